The summed E-state index contributed by atoms with van der Waals surface area (Å²) in [7, 11) is -3.32. The van der Waals surface area contributed by atoms with E-state index >= 15 is 0 Å². The highest BCUT2D eigenvalue weighted by atomic mass is 32.2. The van der Waals surface area contributed by atoms with Gasteiger partial charge in [-0.15, -0.1) is 0 Å². The molecule has 16 heavy (non-hydrogen) atoms. The first-order valence-corrected chi connectivity index (χ1v) is 6.79. The van der Waals surface area contributed by atoms with Gasteiger partial charge in [0.25, 0.3) is 0 Å². The fourth-order valence-electron chi connectivity index (χ4n) is 1.77. The number of hydrogen-bond acceptors (Lipinski definition) is 2. The van der Waals surface area contributed by atoms with Gasteiger partial charge in [-0.1, -0.05) is 6.07 Å². The molecule has 0 atom stereocenters. The first-order chi connectivity index (χ1) is 7.50. The van der Waals surface area contributed by atoms with Gasteiger partial charge in [-0.05, 0) is 43.5 Å². The Morgan fingerprint density at radius 1 is 1.25 bits per heavy atom. The lowest BCUT2D eigenvalue weighted by Crippen LogP contribution is -2.47. The molecular formula is C11H16N2O2S. The van der Waals surface area contributed by atoms with E-state index in [9.17, 15) is 8.42 Å². The molecular weight excluding hydrogens is 224 g/mol. The van der Waals surface area contributed by atoms with Gasteiger partial charge in [-0.2, -0.15) is 13.1 Å². The summed E-state index contributed by atoms with van der Waals surface area (Å²) in [5.41, 5.74) is 3.03. The average Bonchev–Trinajstić information content (AvgIpc) is 2.22. The minimum absolute atomic E-state index is 0.531. The summed E-state index contributed by atoms with van der Waals surface area (Å²) in [4.78, 5) is 0. The van der Waals surface area contributed by atoms with Crippen LogP contribution in [0.5, 0.6) is 0 Å². The van der Waals surface area contributed by atoms with E-state index < -0.39 is 10.2 Å². The van der Waals surface area contributed by atoms with Gasteiger partial charge in [-0.3, -0.25) is 4.31 Å². The van der Waals surface area contributed by atoms with Crippen molar-refractivity contribution in [1.29, 1.82) is 0 Å². The predicted molar refractivity (Wildman–Crippen MR) is 64.8 cm³/mol. The van der Waals surface area contributed by atoms with Gasteiger partial charge in [0.15, 0.2) is 0 Å². The quantitative estimate of drug-likeness (QED) is 0.805. The lowest BCUT2D eigenvalue weighted by Gasteiger charge is -2.29. The zero-order valence-electron chi connectivity index (χ0n) is 9.53. The SMILES string of the molecule is Cc1ccc(N2CCCNS2(=O)=O)cc1C. The third-order valence-corrected chi connectivity index (χ3v) is 4.43. The van der Waals surface area contributed by atoms with Crippen molar-refractivity contribution in [2.24, 2.45) is 0 Å². The molecule has 1 fully saturated rings. The highest BCUT2D eigenvalue weighted by Crippen LogP contribution is 2.22. The Balaban J connectivity index is 2.39. The van der Waals surface area contributed by atoms with Crippen LogP contribution in [0.4, 0.5) is 5.69 Å². The van der Waals surface area contributed by atoms with E-state index in [0.29, 0.717) is 13.1 Å². The minimum atomic E-state index is -3.32. The Hall–Kier alpha value is -1.07. The molecule has 1 N–H and O–H groups in total. The van der Waals surface area contributed by atoms with Crippen molar-refractivity contribution in [3.63, 3.8) is 0 Å². The van der Waals surface area contributed by atoms with Crippen LogP contribution in [0.15, 0.2) is 18.2 Å². The molecule has 5 heteroatoms. The van der Waals surface area contributed by atoms with Crippen LogP contribution in [-0.4, -0.2) is 21.5 Å². The first kappa shape index (κ1) is 11.4. The van der Waals surface area contributed by atoms with Crippen molar-refractivity contribution in [1.82, 2.24) is 4.72 Å². The highest BCUT2D eigenvalue weighted by Gasteiger charge is 2.25. The lowest BCUT2D eigenvalue weighted by molar-refractivity contribution is 0.560. The summed E-state index contributed by atoms with van der Waals surface area (Å²) >= 11 is 0. The topological polar surface area (TPSA) is 49.4 Å². The van der Waals surface area contributed by atoms with Crippen molar-refractivity contribution in [3.8, 4) is 0 Å². The number of hydrogen-bond donors (Lipinski definition) is 1. The summed E-state index contributed by atoms with van der Waals surface area (Å²) < 4.78 is 27.6. The normalized spacial score (nSPS) is 19.8. The number of nitrogens with zero attached hydrogens (tertiary/aromatic N) is 1. The van der Waals surface area contributed by atoms with Crippen LogP contribution >= 0.6 is 0 Å². The Labute approximate surface area is 96.5 Å². The van der Waals surface area contributed by atoms with Gasteiger partial charge < -0.3 is 0 Å². The average molecular weight is 240 g/mol. The Morgan fingerprint density at radius 3 is 2.62 bits per heavy atom. The zero-order valence-corrected chi connectivity index (χ0v) is 10.3. The third kappa shape index (κ3) is 2.05. The van der Waals surface area contributed by atoms with Gasteiger partial charge >= 0.3 is 10.2 Å². The van der Waals surface area contributed by atoms with Crippen LogP contribution in [0.25, 0.3) is 0 Å². The maximum Gasteiger partial charge on any atom is 0.301 e. The van der Waals surface area contributed by atoms with Crippen molar-refractivity contribution in [2.75, 3.05) is 17.4 Å². The van der Waals surface area contributed by atoms with E-state index in [2.05, 4.69) is 4.72 Å². The first-order valence-electron chi connectivity index (χ1n) is 5.35. The van der Waals surface area contributed by atoms with Gasteiger partial charge in [0.2, 0.25) is 0 Å². The van der Waals surface area contributed by atoms with Gasteiger partial charge in [0.05, 0.1) is 5.69 Å². The molecule has 0 spiro atoms. The molecule has 1 aliphatic heterocycles. The number of nitrogens with one attached hydrogen (secondary N) is 1. The fourth-order valence-corrected chi connectivity index (χ4v) is 3.09. The molecule has 1 heterocycles. The van der Waals surface area contributed by atoms with Crippen LogP contribution in [0.3, 0.4) is 0 Å². The predicted octanol–water partition coefficient (Wildman–Crippen LogP) is 1.35. The second-order valence-corrected chi connectivity index (χ2v) is 5.77. The van der Waals surface area contributed by atoms with E-state index in [1.165, 1.54) is 9.87 Å². The van der Waals surface area contributed by atoms with Crippen molar-refractivity contribution >= 4 is 15.9 Å². The number of anilines is 1. The summed E-state index contributed by atoms with van der Waals surface area (Å²) in [6, 6.07) is 5.72. The van der Waals surface area contributed by atoms with Crippen molar-refractivity contribution < 1.29 is 8.42 Å². The monoisotopic (exact) mass is 240 g/mol. The molecule has 0 aromatic heterocycles. The van der Waals surface area contributed by atoms with Crippen LogP contribution in [0, 0.1) is 13.8 Å². The highest BCUT2D eigenvalue weighted by molar-refractivity contribution is 7.90. The molecule has 0 radical (unpaired) electrons. The number of benzene rings is 1. The maximum atomic E-state index is 11.8. The molecule has 0 aliphatic carbocycles. The molecule has 2 rings (SSSR count). The molecule has 1 aliphatic rings. The lowest BCUT2D eigenvalue weighted by atomic mass is 10.1. The molecule has 0 saturated carbocycles. The van der Waals surface area contributed by atoms with Gasteiger partial charge in [0, 0.05) is 13.1 Å². The third-order valence-electron chi connectivity index (χ3n) is 2.89. The molecule has 0 bridgehead atoms. The molecule has 88 valence electrons. The minimum Gasteiger partial charge on any atom is -0.258 e. The van der Waals surface area contributed by atoms with E-state index in [4.69, 9.17) is 0 Å². The van der Waals surface area contributed by atoms with E-state index in [1.807, 2.05) is 32.0 Å². The van der Waals surface area contributed by atoms with Crippen LogP contribution in [-0.2, 0) is 10.2 Å². The van der Waals surface area contributed by atoms with E-state index in [-0.39, 0.29) is 0 Å². The van der Waals surface area contributed by atoms with Crippen LogP contribution in [0.2, 0.25) is 0 Å². The molecule has 1 saturated heterocycles. The molecule has 0 amide bonds. The Kier molecular flexibility index (Phi) is 2.90. The Morgan fingerprint density at radius 2 is 2.00 bits per heavy atom. The van der Waals surface area contributed by atoms with Gasteiger partial charge in [0.1, 0.15) is 0 Å². The second kappa shape index (κ2) is 4.07. The summed E-state index contributed by atoms with van der Waals surface area (Å²) in [5.74, 6) is 0. The van der Waals surface area contributed by atoms with E-state index in [0.717, 1.165) is 17.7 Å². The fraction of sp³-hybridized carbons (Fsp3) is 0.455. The molecule has 1 aromatic rings. The van der Waals surface area contributed by atoms with Gasteiger partial charge in [-0.25, -0.2) is 0 Å². The smallest absolute Gasteiger partial charge is 0.258 e. The van der Waals surface area contributed by atoms with Crippen LogP contribution in [0.1, 0.15) is 17.5 Å². The van der Waals surface area contributed by atoms with Crippen LogP contribution < -0.4 is 9.03 Å². The zero-order chi connectivity index (χ0) is 11.8. The summed E-state index contributed by atoms with van der Waals surface area (Å²) in [5, 5.41) is 0. The molecule has 0 unspecified atom stereocenters. The van der Waals surface area contributed by atoms with Crippen molar-refractivity contribution in [3.05, 3.63) is 29.3 Å². The molecule has 1 aromatic carbocycles. The Bertz CT molecular complexity index is 497. The second-order valence-electron chi connectivity index (χ2n) is 4.09. The van der Waals surface area contributed by atoms with Crippen molar-refractivity contribution in [2.45, 2.75) is 20.3 Å². The summed E-state index contributed by atoms with van der Waals surface area (Å²) in [6.07, 6.45) is 0.839. The number of aryl methyl sites for hydroxylation is 2. The maximum absolute atomic E-state index is 11.8. The molecule has 4 nitrogen and oxygen atoms in total. The summed E-state index contributed by atoms with van der Waals surface area (Å²) in [6.45, 7) is 5.09. The number of rotatable bonds is 1. The largest absolute Gasteiger partial charge is 0.301 e. The van der Waals surface area contributed by atoms with E-state index in [1.54, 1.807) is 0 Å². The standard InChI is InChI=1S/C11H16N2O2S/c1-9-4-5-11(8-10(9)2)13-7-3-6-12-16(13,14)15/h4-5,8,12H,3,6-7H2,1-2H3.